The molecular formula is C18H32O2. The van der Waals surface area contributed by atoms with Gasteiger partial charge in [0, 0.05) is 0 Å². The monoisotopic (exact) mass is 280 g/mol. The van der Waals surface area contributed by atoms with Crippen LogP contribution in [0.2, 0.25) is 0 Å². The van der Waals surface area contributed by atoms with Crippen LogP contribution in [0, 0.1) is 0 Å². The summed E-state index contributed by atoms with van der Waals surface area (Å²) in [6.45, 7) is 2.26. The third-order valence-corrected chi connectivity index (χ3v) is 3.40. The molecule has 0 rings (SSSR count). The van der Waals surface area contributed by atoms with Crippen LogP contribution in [-0.2, 0) is 4.79 Å². The van der Waals surface area contributed by atoms with E-state index in [0.717, 1.165) is 6.42 Å². The molecule has 0 aliphatic rings. The summed E-state index contributed by atoms with van der Waals surface area (Å²) in [5.41, 5.74) is 0. The van der Waals surface area contributed by atoms with Gasteiger partial charge in [0.25, 0.3) is 0 Å². The highest BCUT2D eigenvalue weighted by molar-refractivity contribution is 5.68. The summed E-state index contributed by atoms with van der Waals surface area (Å²) in [5.74, 6) is -0.774. The van der Waals surface area contributed by atoms with Crippen LogP contribution in [0.1, 0.15) is 84.0 Å². The maximum atomic E-state index is 10.3. The van der Waals surface area contributed by atoms with Gasteiger partial charge in [-0.3, -0.25) is 4.79 Å². The molecular weight excluding hydrogens is 248 g/mol. The van der Waals surface area contributed by atoms with Crippen molar-refractivity contribution in [2.45, 2.75) is 84.0 Å². The van der Waals surface area contributed by atoms with E-state index in [4.69, 9.17) is 5.11 Å². The topological polar surface area (TPSA) is 37.3 Å². The molecule has 0 aliphatic carbocycles. The lowest BCUT2D eigenvalue weighted by molar-refractivity contribution is -0.136. The van der Waals surface area contributed by atoms with Crippen molar-refractivity contribution >= 4 is 5.97 Å². The lowest BCUT2D eigenvalue weighted by Gasteiger charge is -2.01. The van der Waals surface area contributed by atoms with Crippen molar-refractivity contribution in [2.24, 2.45) is 0 Å². The molecule has 0 heterocycles. The predicted molar refractivity (Wildman–Crippen MR) is 87.0 cm³/mol. The zero-order valence-electron chi connectivity index (χ0n) is 13.2. The van der Waals surface area contributed by atoms with Crippen LogP contribution in [0.25, 0.3) is 0 Å². The summed E-state index contributed by atoms with van der Waals surface area (Å²) in [6.07, 6.45) is 22.5. The van der Waals surface area contributed by atoms with Crippen molar-refractivity contribution in [3.63, 3.8) is 0 Å². The van der Waals surface area contributed by atoms with Crippen molar-refractivity contribution in [1.82, 2.24) is 0 Å². The molecule has 0 spiro atoms. The SMILES string of the molecule is CCCCCCCCCCCCC=C/C=C\CC(=O)O. The van der Waals surface area contributed by atoms with E-state index in [2.05, 4.69) is 13.0 Å². The van der Waals surface area contributed by atoms with Gasteiger partial charge in [-0.1, -0.05) is 89.0 Å². The maximum Gasteiger partial charge on any atom is 0.307 e. The molecule has 0 saturated heterocycles. The maximum absolute atomic E-state index is 10.3. The highest BCUT2D eigenvalue weighted by Gasteiger charge is 1.91. The van der Waals surface area contributed by atoms with Gasteiger partial charge in [-0.2, -0.15) is 0 Å². The van der Waals surface area contributed by atoms with Gasteiger partial charge in [0.15, 0.2) is 0 Å². The van der Waals surface area contributed by atoms with Gasteiger partial charge in [-0.15, -0.1) is 0 Å². The molecule has 0 amide bonds. The second kappa shape index (κ2) is 16.0. The average molecular weight is 280 g/mol. The van der Waals surface area contributed by atoms with Gasteiger partial charge in [-0.05, 0) is 12.8 Å². The first-order valence-electron chi connectivity index (χ1n) is 8.30. The van der Waals surface area contributed by atoms with E-state index in [1.807, 2.05) is 12.2 Å². The van der Waals surface area contributed by atoms with Crippen molar-refractivity contribution in [2.75, 3.05) is 0 Å². The molecule has 0 bridgehead atoms. The molecule has 0 atom stereocenters. The third kappa shape index (κ3) is 16.9. The minimum atomic E-state index is -0.774. The fourth-order valence-corrected chi connectivity index (χ4v) is 2.17. The standard InChI is InChI=1S/C18H32O2/c1-2-3-4-5-6-7-8-9-10-11-12-13-14-15-16-17-18(19)20/h13-16H,2-12,17H2,1H3,(H,19,20)/b14-13?,16-15-. The molecule has 0 aromatic heterocycles. The van der Waals surface area contributed by atoms with E-state index in [9.17, 15) is 4.79 Å². The van der Waals surface area contributed by atoms with Crippen molar-refractivity contribution in [3.8, 4) is 0 Å². The molecule has 2 nitrogen and oxygen atoms in total. The average Bonchev–Trinajstić information content (AvgIpc) is 2.43. The van der Waals surface area contributed by atoms with E-state index < -0.39 is 5.97 Å². The van der Waals surface area contributed by atoms with Crippen molar-refractivity contribution < 1.29 is 9.90 Å². The highest BCUT2D eigenvalue weighted by Crippen LogP contribution is 2.11. The molecule has 2 heteroatoms. The fourth-order valence-electron chi connectivity index (χ4n) is 2.17. The van der Waals surface area contributed by atoms with Crippen LogP contribution >= 0.6 is 0 Å². The summed E-state index contributed by atoms with van der Waals surface area (Å²) < 4.78 is 0. The Kier molecular flexibility index (Phi) is 15.2. The summed E-state index contributed by atoms with van der Waals surface area (Å²) >= 11 is 0. The number of carbonyl (C=O) groups is 1. The summed E-state index contributed by atoms with van der Waals surface area (Å²) in [5, 5.41) is 8.44. The molecule has 0 radical (unpaired) electrons. The van der Waals surface area contributed by atoms with Crippen LogP contribution in [0.15, 0.2) is 24.3 Å². The first-order chi connectivity index (χ1) is 9.77. The lowest BCUT2D eigenvalue weighted by Crippen LogP contribution is -1.89. The quantitative estimate of drug-likeness (QED) is 0.318. The number of allylic oxidation sites excluding steroid dienone is 3. The Bertz CT molecular complexity index is 267. The number of unbranched alkanes of at least 4 members (excludes halogenated alkanes) is 10. The van der Waals surface area contributed by atoms with Gasteiger partial charge >= 0.3 is 5.97 Å². The number of hydrogen-bond donors (Lipinski definition) is 1. The van der Waals surface area contributed by atoms with Crippen LogP contribution in [-0.4, -0.2) is 11.1 Å². The number of hydrogen-bond acceptors (Lipinski definition) is 1. The smallest absolute Gasteiger partial charge is 0.307 e. The second-order valence-electron chi connectivity index (χ2n) is 5.42. The Hall–Kier alpha value is -1.05. The van der Waals surface area contributed by atoms with E-state index in [-0.39, 0.29) is 6.42 Å². The zero-order valence-corrected chi connectivity index (χ0v) is 13.2. The van der Waals surface area contributed by atoms with Gasteiger partial charge in [0.1, 0.15) is 0 Å². The van der Waals surface area contributed by atoms with Crippen LogP contribution < -0.4 is 0 Å². The Labute approximate surface area is 125 Å². The van der Waals surface area contributed by atoms with Gasteiger partial charge in [-0.25, -0.2) is 0 Å². The largest absolute Gasteiger partial charge is 0.481 e. The highest BCUT2D eigenvalue weighted by atomic mass is 16.4. The minimum absolute atomic E-state index is 0.114. The lowest BCUT2D eigenvalue weighted by atomic mass is 10.1. The van der Waals surface area contributed by atoms with Crippen molar-refractivity contribution in [3.05, 3.63) is 24.3 Å². The Morgan fingerprint density at radius 2 is 1.30 bits per heavy atom. The number of rotatable bonds is 14. The zero-order chi connectivity index (χ0) is 14.9. The summed E-state index contributed by atoms with van der Waals surface area (Å²) in [4.78, 5) is 10.3. The number of carboxylic acid groups (broad SMARTS) is 1. The molecule has 0 aromatic rings. The third-order valence-electron chi connectivity index (χ3n) is 3.40. The van der Waals surface area contributed by atoms with Crippen LogP contribution in [0.5, 0.6) is 0 Å². The summed E-state index contributed by atoms with van der Waals surface area (Å²) in [6, 6.07) is 0. The van der Waals surface area contributed by atoms with E-state index >= 15 is 0 Å². The first kappa shape index (κ1) is 18.9. The molecule has 20 heavy (non-hydrogen) atoms. The molecule has 0 aliphatic heterocycles. The number of carboxylic acids is 1. The predicted octanol–water partition coefficient (Wildman–Crippen LogP) is 5.88. The number of aliphatic carboxylic acids is 1. The normalized spacial score (nSPS) is 11.7. The molecule has 116 valence electrons. The summed E-state index contributed by atoms with van der Waals surface area (Å²) in [7, 11) is 0. The van der Waals surface area contributed by atoms with Gasteiger partial charge in [0.2, 0.25) is 0 Å². The van der Waals surface area contributed by atoms with E-state index in [1.165, 1.54) is 64.2 Å². The Morgan fingerprint density at radius 3 is 1.85 bits per heavy atom. The van der Waals surface area contributed by atoms with Crippen molar-refractivity contribution in [1.29, 1.82) is 0 Å². The van der Waals surface area contributed by atoms with Gasteiger partial charge in [0.05, 0.1) is 6.42 Å². The fraction of sp³-hybridized carbons (Fsp3) is 0.722. The molecule has 0 saturated carbocycles. The van der Waals surface area contributed by atoms with E-state index in [1.54, 1.807) is 6.08 Å². The van der Waals surface area contributed by atoms with Crippen LogP contribution in [0.4, 0.5) is 0 Å². The molecule has 1 N–H and O–H groups in total. The first-order valence-corrected chi connectivity index (χ1v) is 8.30. The Balaban J connectivity index is 3.14. The molecule has 0 aromatic carbocycles. The Morgan fingerprint density at radius 1 is 0.800 bits per heavy atom. The minimum Gasteiger partial charge on any atom is -0.481 e. The molecule has 0 unspecified atom stereocenters. The molecule has 0 fully saturated rings. The van der Waals surface area contributed by atoms with Crippen LogP contribution in [0.3, 0.4) is 0 Å². The van der Waals surface area contributed by atoms with E-state index in [0.29, 0.717) is 0 Å². The second-order valence-corrected chi connectivity index (χ2v) is 5.42. The van der Waals surface area contributed by atoms with Gasteiger partial charge < -0.3 is 5.11 Å².